The summed E-state index contributed by atoms with van der Waals surface area (Å²) in [6, 6.07) is 19.3. The van der Waals surface area contributed by atoms with Crippen LogP contribution in [0.5, 0.6) is 0 Å². The molecule has 0 aliphatic carbocycles. The Balaban J connectivity index is 0.000000398. The van der Waals surface area contributed by atoms with Crippen molar-refractivity contribution < 1.29 is 5.11 Å². The molecular weight excluding hydrogens is 471 g/mol. The number of aromatic nitrogens is 4. The van der Waals surface area contributed by atoms with E-state index in [0.29, 0.717) is 37.9 Å². The highest BCUT2D eigenvalue weighted by molar-refractivity contribution is 6.31. The fourth-order valence-electron chi connectivity index (χ4n) is 3.51. The number of aliphatic hydroxyl groups excluding tert-OH is 1. The first-order chi connectivity index (χ1) is 16.3. The fourth-order valence-corrected chi connectivity index (χ4v) is 3.83. The number of hydrogen-bond donors (Lipinski definition) is 1. The van der Waals surface area contributed by atoms with Crippen molar-refractivity contribution in [1.29, 1.82) is 0 Å². The lowest BCUT2D eigenvalue weighted by Gasteiger charge is -2.15. The highest BCUT2D eigenvalue weighted by atomic mass is 35.5. The predicted octanol–water partition coefficient (Wildman–Crippen LogP) is 5.41. The van der Waals surface area contributed by atoms with Crippen LogP contribution in [0.15, 0.2) is 90.2 Å². The van der Waals surface area contributed by atoms with E-state index in [1.165, 1.54) is 4.57 Å². The average Bonchev–Trinajstić information content (AvgIpc) is 3.32. The number of fused-ring (bicyclic) bond motifs is 1. The van der Waals surface area contributed by atoms with E-state index in [1.54, 1.807) is 74.2 Å². The van der Waals surface area contributed by atoms with Gasteiger partial charge in [0.25, 0.3) is 5.56 Å². The van der Waals surface area contributed by atoms with E-state index in [-0.39, 0.29) is 5.56 Å². The van der Waals surface area contributed by atoms with Crippen LogP contribution in [0.1, 0.15) is 17.4 Å². The smallest absolute Gasteiger partial charge is 0.251 e. The third kappa shape index (κ3) is 5.20. The molecular formula is C26H22Cl2N4O2. The zero-order chi connectivity index (χ0) is 24.2. The van der Waals surface area contributed by atoms with Crippen molar-refractivity contribution in [3.05, 3.63) is 117 Å². The minimum Gasteiger partial charge on any atom is -0.382 e. The normalized spacial score (nSPS) is 11.7. The van der Waals surface area contributed by atoms with Crippen molar-refractivity contribution in [2.45, 2.75) is 6.10 Å². The van der Waals surface area contributed by atoms with Gasteiger partial charge in [-0.15, -0.1) is 0 Å². The van der Waals surface area contributed by atoms with E-state index >= 15 is 0 Å². The van der Waals surface area contributed by atoms with E-state index in [1.807, 2.05) is 29.9 Å². The molecule has 5 aromatic rings. The third-order valence-electron chi connectivity index (χ3n) is 5.35. The molecule has 5 rings (SSSR count). The summed E-state index contributed by atoms with van der Waals surface area (Å²) in [4.78, 5) is 20.9. The maximum Gasteiger partial charge on any atom is 0.251 e. The van der Waals surface area contributed by atoms with Gasteiger partial charge in [0, 0.05) is 48.2 Å². The lowest BCUT2D eigenvalue weighted by molar-refractivity contribution is 0.216. The number of aryl methyl sites for hydroxylation is 2. The molecule has 0 aliphatic rings. The van der Waals surface area contributed by atoms with Crippen molar-refractivity contribution in [2.24, 2.45) is 14.1 Å². The Hall–Kier alpha value is -3.45. The molecule has 0 spiro atoms. The summed E-state index contributed by atoms with van der Waals surface area (Å²) in [5, 5.41) is 11.9. The van der Waals surface area contributed by atoms with Gasteiger partial charge in [0.05, 0.1) is 23.1 Å². The summed E-state index contributed by atoms with van der Waals surface area (Å²) >= 11 is 12.1. The van der Waals surface area contributed by atoms with Crippen molar-refractivity contribution >= 4 is 34.2 Å². The van der Waals surface area contributed by atoms with Gasteiger partial charge in [-0.1, -0.05) is 47.5 Å². The van der Waals surface area contributed by atoms with Gasteiger partial charge in [0.1, 0.15) is 6.10 Å². The van der Waals surface area contributed by atoms with Gasteiger partial charge in [-0.25, -0.2) is 9.97 Å². The van der Waals surface area contributed by atoms with Gasteiger partial charge >= 0.3 is 0 Å². The molecule has 1 atom stereocenters. The van der Waals surface area contributed by atoms with Crippen LogP contribution in [0.2, 0.25) is 10.0 Å². The molecule has 0 aliphatic heterocycles. The predicted molar refractivity (Wildman–Crippen MR) is 136 cm³/mol. The summed E-state index contributed by atoms with van der Waals surface area (Å²) in [5.41, 5.74) is 3.79. The minimum atomic E-state index is -0.911. The maximum atomic E-state index is 12.4. The molecule has 2 aromatic carbocycles. The second-order valence-electron chi connectivity index (χ2n) is 7.75. The molecule has 0 radical (unpaired) electrons. The first kappa shape index (κ1) is 23.7. The zero-order valence-electron chi connectivity index (χ0n) is 18.6. The monoisotopic (exact) mass is 492 g/mol. The van der Waals surface area contributed by atoms with Crippen LogP contribution in [-0.2, 0) is 14.1 Å². The first-order valence-electron chi connectivity index (χ1n) is 10.5. The number of hydrogen-bond acceptors (Lipinski definition) is 4. The Kier molecular flexibility index (Phi) is 7.12. The van der Waals surface area contributed by atoms with Crippen LogP contribution in [-0.4, -0.2) is 24.2 Å². The van der Waals surface area contributed by atoms with Crippen LogP contribution in [0.25, 0.3) is 22.2 Å². The first-order valence-corrected chi connectivity index (χ1v) is 11.2. The molecule has 3 heterocycles. The van der Waals surface area contributed by atoms with Crippen LogP contribution >= 0.6 is 23.2 Å². The lowest BCUT2D eigenvalue weighted by atomic mass is 10.0. The number of benzene rings is 2. The Bertz CT molecular complexity index is 1480. The molecule has 0 saturated heterocycles. The average molecular weight is 493 g/mol. The molecule has 0 bridgehead atoms. The summed E-state index contributed by atoms with van der Waals surface area (Å²) in [7, 11) is 3.64. The van der Waals surface area contributed by atoms with Crippen molar-refractivity contribution in [2.75, 3.05) is 0 Å². The van der Waals surface area contributed by atoms with Gasteiger partial charge in [-0.2, -0.15) is 0 Å². The second-order valence-corrected chi connectivity index (χ2v) is 8.62. The largest absolute Gasteiger partial charge is 0.382 e. The van der Waals surface area contributed by atoms with E-state index in [0.717, 1.165) is 5.56 Å². The standard InChI is InChI=1S/C22H16Cl2N2O2.C4H6N2/c1-26-19-10-9-18(22(28)13-5-7-15(23)8-6-13)25-21(19)17(12-20(26)27)14-3-2-4-16(24)11-14;1-6-3-2-5-4-6/h2-12,22,28H,1H3;2-4H,1H3. The molecule has 3 aromatic heterocycles. The Labute approximate surface area is 206 Å². The highest BCUT2D eigenvalue weighted by Gasteiger charge is 2.16. The van der Waals surface area contributed by atoms with E-state index in [4.69, 9.17) is 28.2 Å². The summed E-state index contributed by atoms with van der Waals surface area (Å²) in [6.07, 6.45) is 4.48. The molecule has 0 saturated carbocycles. The van der Waals surface area contributed by atoms with Gasteiger partial charge in [-0.05, 0) is 47.5 Å². The lowest BCUT2D eigenvalue weighted by Crippen LogP contribution is -2.17. The molecule has 34 heavy (non-hydrogen) atoms. The molecule has 6 nitrogen and oxygen atoms in total. The van der Waals surface area contributed by atoms with E-state index in [2.05, 4.69) is 4.98 Å². The number of halogens is 2. The number of rotatable bonds is 3. The second kappa shape index (κ2) is 10.2. The molecule has 8 heteroatoms. The highest BCUT2D eigenvalue weighted by Crippen LogP contribution is 2.30. The third-order valence-corrected chi connectivity index (χ3v) is 5.84. The van der Waals surface area contributed by atoms with Crippen LogP contribution < -0.4 is 5.56 Å². The topological polar surface area (TPSA) is 72.9 Å². The quantitative estimate of drug-likeness (QED) is 0.365. The van der Waals surface area contributed by atoms with Gasteiger partial charge in [0.15, 0.2) is 0 Å². The number of imidazole rings is 1. The van der Waals surface area contributed by atoms with E-state index < -0.39 is 6.10 Å². The minimum absolute atomic E-state index is 0.143. The summed E-state index contributed by atoms with van der Waals surface area (Å²) < 4.78 is 3.43. The molecule has 1 unspecified atom stereocenters. The molecule has 172 valence electrons. The SMILES string of the molecule is Cn1c(=O)cc(-c2cccc(Cl)c2)c2nc(C(O)c3ccc(Cl)cc3)ccc21.Cn1ccnc1. The van der Waals surface area contributed by atoms with Crippen molar-refractivity contribution in [3.63, 3.8) is 0 Å². The fraction of sp³-hybridized carbons (Fsp3) is 0.115. The maximum absolute atomic E-state index is 12.4. The Morgan fingerprint density at radius 1 is 0.941 bits per heavy atom. The van der Waals surface area contributed by atoms with Crippen molar-refractivity contribution in [1.82, 2.24) is 19.1 Å². The van der Waals surface area contributed by atoms with E-state index in [9.17, 15) is 9.90 Å². The van der Waals surface area contributed by atoms with Gasteiger partial charge in [-0.3, -0.25) is 4.79 Å². The summed E-state index contributed by atoms with van der Waals surface area (Å²) in [6.45, 7) is 0. The van der Waals surface area contributed by atoms with Crippen LogP contribution in [0.3, 0.4) is 0 Å². The van der Waals surface area contributed by atoms with Gasteiger partial charge in [0.2, 0.25) is 0 Å². The zero-order valence-corrected chi connectivity index (χ0v) is 20.1. The number of aliphatic hydroxyl groups is 1. The Morgan fingerprint density at radius 3 is 2.32 bits per heavy atom. The van der Waals surface area contributed by atoms with Crippen LogP contribution in [0, 0.1) is 0 Å². The van der Waals surface area contributed by atoms with Gasteiger partial charge < -0.3 is 14.2 Å². The van der Waals surface area contributed by atoms with Crippen LogP contribution in [0.4, 0.5) is 0 Å². The molecule has 0 amide bonds. The summed E-state index contributed by atoms with van der Waals surface area (Å²) in [5.74, 6) is 0. The Morgan fingerprint density at radius 2 is 1.71 bits per heavy atom. The number of nitrogens with zero attached hydrogens (tertiary/aromatic N) is 4. The van der Waals surface area contributed by atoms with Crippen molar-refractivity contribution in [3.8, 4) is 11.1 Å². The number of pyridine rings is 2. The molecule has 1 N–H and O–H groups in total. The molecule has 0 fully saturated rings.